The predicted octanol–water partition coefficient (Wildman–Crippen LogP) is 4.00. The maximum atomic E-state index is 13.8. The molecule has 0 radical (unpaired) electrons. The van der Waals surface area contributed by atoms with Gasteiger partial charge in [-0.3, -0.25) is 11.3 Å². The van der Waals surface area contributed by atoms with Crippen LogP contribution in [-0.2, 0) is 12.8 Å². The van der Waals surface area contributed by atoms with Crippen LogP contribution in [0.3, 0.4) is 0 Å². The van der Waals surface area contributed by atoms with E-state index in [4.69, 9.17) is 17.4 Å². The molecule has 2 nitrogen and oxygen atoms in total. The Morgan fingerprint density at radius 2 is 1.76 bits per heavy atom. The minimum atomic E-state index is -0.374. The van der Waals surface area contributed by atoms with Crippen LogP contribution in [0.4, 0.5) is 8.78 Å². The van der Waals surface area contributed by atoms with Crippen molar-refractivity contribution < 1.29 is 8.78 Å². The largest absolute Gasteiger partial charge is 0.271 e. The van der Waals surface area contributed by atoms with E-state index in [0.29, 0.717) is 27.9 Å². The smallest absolute Gasteiger partial charge is 0.137 e. The SMILES string of the molecule is NNC(Cc1cccc(F)c1Br)Cc1c(F)cccc1Cl. The van der Waals surface area contributed by atoms with Gasteiger partial charge in [0, 0.05) is 16.6 Å². The van der Waals surface area contributed by atoms with Crippen molar-refractivity contribution in [2.45, 2.75) is 18.9 Å². The Balaban J connectivity index is 2.19. The van der Waals surface area contributed by atoms with E-state index in [1.807, 2.05) is 0 Å². The molecule has 0 fully saturated rings. The van der Waals surface area contributed by atoms with Crippen molar-refractivity contribution in [3.8, 4) is 0 Å². The highest BCUT2D eigenvalue weighted by Gasteiger charge is 2.16. The van der Waals surface area contributed by atoms with Crippen LogP contribution in [-0.4, -0.2) is 6.04 Å². The third-order valence-electron chi connectivity index (χ3n) is 3.25. The van der Waals surface area contributed by atoms with Crippen molar-refractivity contribution in [1.82, 2.24) is 5.43 Å². The molecule has 2 aromatic carbocycles. The fourth-order valence-corrected chi connectivity index (χ4v) is 2.80. The number of hydrazine groups is 1. The zero-order chi connectivity index (χ0) is 15.4. The first-order valence-electron chi connectivity index (χ1n) is 6.34. The summed E-state index contributed by atoms with van der Waals surface area (Å²) in [5.74, 6) is 4.82. The third kappa shape index (κ3) is 4.01. The lowest BCUT2D eigenvalue weighted by Crippen LogP contribution is -2.38. The summed E-state index contributed by atoms with van der Waals surface area (Å²) >= 11 is 9.22. The normalized spacial score (nSPS) is 12.4. The first-order chi connectivity index (χ1) is 10.0. The van der Waals surface area contributed by atoms with Gasteiger partial charge in [-0.15, -0.1) is 0 Å². The summed E-state index contributed by atoms with van der Waals surface area (Å²) in [6.45, 7) is 0. The van der Waals surface area contributed by atoms with Crippen molar-refractivity contribution in [3.05, 3.63) is 68.7 Å². The Morgan fingerprint density at radius 3 is 2.43 bits per heavy atom. The molecule has 0 aliphatic rings. The van der Waals surface area contributed by atoms with Gasteiger partial charge in [-0.2, -0.15) is 0 Å². The highest BCUT2D eigenvalue weighted by Crippen LogP contribution is 2.24. The molecule has 1 atom stereocenters. The van der Waals surface area contributed by atoms with Crippen LogP contribution < -0.4 is 11.3 Å². The number of nitrogens with two attached hydrogens (primary N) is 1. The zero-order valence-corrected chi connectivity index (χ0v) is 13.4. The van der Waals surface area contributed by atoms with Gasteiger partial charge in [0.15, 0.2) is 0 Å². The summed E-state index contributed by atoms with van der Waals surface area (Å²) in [4.78, 5) is 0. The molecule has 0 aromatic heterocycles. The van der Waals surface area contributed by atoms with Crippen LogP contribution >= 0.6 is 27.5 Å². The lowest BCUT2D eigenvalue weighted by molar-refractivity contribution is 0.504. The van der Waals surface area contributed by atoms with Gasteiger partial charge in [0.05, 0.1) is 4.47 Å². The molecule has 0 saturated carbocycles. The standard InChI is InChI=1S/C15H14BrClF2N2/c16-15-9(3-1-6-14(15)19)7-10(21-20)8-11-12(17)4-2-5-13(11)18/h1-6,10,21H,7-8,20H2. The summed E-state index contributed by atoms with van der Waals surface area (Å²) in [6.07, 6.45) is 0.754. The molecule has 2 aromatic rings. The van der Waals surface area contributed by atoms with Crippen LogP contribution in [0.2, 0.25) is 5.02 Å². The fraction of sp³-hybridized carbons (Fsp3) is 0.200. The molecule has 6 heteroatoms. The van der Waals surface area contributed by atoms with E-state index >= 15 is 0 Å². The molecular formula is C15H14BrClF2N2. The Labute approximate surface area is 135 Å². The molecule has 0 saturated heterocycles. The molecular weight excluding hydrogens is 362 g/mol. The molecule has 1 unspecified atom stereocenters. The van der Waals surface area contributed by atoms with E-state index in [9.17, 15) is 8.78 Å². The third-order valence-corrected chi connectivity index (χ3v) is 4.49. The van der Waals surface area contributed by atoms with Gasteiger partial charge in [0.2, 0.25) is 0 Å². The van der Waals surface area contributed by atoms with Crippen molar-refractivity contribution >= 4 is 27.5 Å². The molecule has 3 N–H and O–H groups in total. The van der Waals surface area contributed by atoms with Gasteiger partial charge in [-0.05, 0) is 52.5 Å². The minimum Gasteiger partial charge on any atom is -0.271 e. The van der Waals surface area contributed by atoms with E-state index < -0.39 is 0 Å². The molecule has 0 spiro atoms. The number of hydrogen-bond donors (Lipinski definition) is 2. The Bertz CT molecular complexity index is 617. The summed E-state index contributed by atoms with van der Waals surface area (Å²) in [7, 11) is 0. The molecule has 21 heavy (non-hydrogen) atoms. The predicted molar refractivity (Wildman–Crippen MR) is 84.0 cm³/mol. The summed E-state index contributed by atoms with van der Waals surface area (Å²) < 4.78 is 27.7. The van der Waals surface area contributed by atoms with E-state index in [0.717, 1.165) is 5.56 Å². The highest BCUT2D eigenvalue weighted by atomic mass is 79.9. The van der Waals surface area contributed by atoms with Gasteiger partial charge < -0.3 is 0 Å². The minimum absolute atomic E-state index is 0.266. The maximum Gasteiger partial charge on any atom is 0.137 e. The second-order valence-electron chi connectivity index (χ2n) is 4.68. The van der Waals surface area contributed by atoms with Crippen LogP contribution in [0.5, 0.6) is 0 Å². The van der Waals surface area contributed by atoms with Gasteiger partial charge in [0.1, 0.15) is 11.6 Å². The van der Waals surface area contributed by atoms with Crippen LogP contribution in [0, 0.1) is 11.6 Å². The van der Waals surface area contributed by atoms with Gasteiger partial charge in [-0.1, -0.05) is 29.8 Å². The average molecular weight is 376 g/mol. The first kappa shape index (κ1) is 16.4. The van der Waals surface area contributed by atoms with Gasteiger partial charge in [-0.25, -0.2) is 8.78 Å². The quantitative estimate of drug-likeness (QED) is 0.612. The number of halogens is 4. The van der Waals surface area contributed by atoms with Crippen molar-refractivity contribution in [3.63, 3.8) is 0 Å². The molecule has 2 rings (SSSR count). The monoisotopic (exact) mass is 374 g/mol. The second kappa shape index (κ2) is 7.31. The zero-order valence-electron chi connectivity index (χ0n) is 11.0. The van der Waals surface area contributed by atoms with E-state index in [1.54, 1.807) is 24.3 Å². The number of nitrogens with one attached hydrogen (secondary N) is 1. The van der Waals surface area contributed by atoms with Crippen molar-refractivity contribution in [1.29, 1.82) is 0 Å². The molecule has 112 valence electrons. The molecule has 0 heterocycles. The van der Waals surface area contributed by atoms with E-state index in [2.05, 4.69) is 21.4 Å². The average Bonchev–Trinajstić information content (AvgIpc) is 2.46. The molecule has 0 amide bonds. The van der Waals surface area contributed by atoms with E-state index in [-0.39, 0.29) is 17.7 Å². The molecule has 0 aliphatic heterocycles. The summed E-state index contributed by atoms with van der Waals surface area (Å²) in [6, 6.07) is 9.05. The lowest BCUT2D eigenvalue weighted by atomic mass is 9.99. The topological polar surface area (TPSA) is 38.0 Å². The van der Waals surface area contributed by atoms with Crippen molar-refractivity contribution in [2.24, 2.45) is 5.84 Å². The molecule has 0 aliphatic carbocycles. The summed E-state index contributed by atoms with van der Waals surface area (Å²) in [5.41, 5.74) is 3.78. The Kier molecular flexibility index (Phi) is 5.70. The van der Waals surface area contributed by atoms with Crippen molar-refractivity contribution in [2.75, 3.05) is 0 Å². The molecule has 0 bridgehead atoms. The highest BCUT2D eigenvalue weighted by molar-refractivity contribution is 9.10. The maximum absolute atomic E-state index is 13.8. The van der Waals surface area contributed by atoms with Gasteiger partial charge >= 0.3 is 0 Å². The number of rotatable bonds is 5. The van der Waals surface area contributed by atoms with Crippen LogP contribution in [0.1, 0.15) is 11.1 Å². The van der Waals surface area contributed by atoms with Gasteiger partial charge in [0.25, 0.3) is 0 Å². The van der Waals surface area contributed by atoms with Crippen LogP contribution in [0.25, 0.3) is 0 Å². The Hall–Kier alpha value is -1.01. The van der Waals surface area contributed by atoms with Crippen LogP contribution in [0.15, 0.2) is 40.9 Å². The van der Waals surface area contributed by atoms with E-state index in [1.165, 1.54) is 12.1 Å². The number of hydrogen-bond acceptors (Lipinski definition) is 2. The lowest BCUT2D eigenvalue weighted by Gasteiger charge is -2.18. The second-order valence-corrected chi connectivity index (χ2v) is 5.89. The first-order valence-corrected chi connectivity index (χ1v) is 7.52. The summed E-state index contributed by atoms with van der Waals surface area (Å²) in [5, 5.41) is 0.355. The Morgan fingerprint density at radius 1 is 1.10 bits per heavy atom. The fourth-order valence-electron chi connectivity index (χ4n) is 2.14. The number of benzene rings is 2.